The molecule has 4 amide bonds. The van der Waals surface area contributed by atoms with Crippen LogP contribution in [0.2, 0.25) is 0 Å². The normalized spacial score (nSPS) is 22.3. The average molecular weight is 1240 g/mol. The molecule has 0 aliphatic carbocycles. The Balaban J connectivity index is 1.85. The van der Waals surface area contributed by atoms with Crippen molar-refractivity contribution in [1.82, 2.24) is 20.0 Å². The number of aliphatic carboxylic acids is 1. The Kier molecular flexibility index (Phi) is 32.7. The first-order valence-electron chi connectivity index (χ1n) is 31.4. The van der Waals surface area contributed by atoms with Crippen molar-refractivity contribution in [1.29, 1.82) is 0 Å². The van der Waals surface area contributed by atoms with Crippen molar-refractivity contribution in [3.8, 4) is 5.75 Å². The summed E-state index contributed by atoms with van der Waals surface area (Å²) in [6, 6.07) is 1.93. The number of carboxylic acids is 1. The van der Waals surface area contributed by atoms with Crippen LogP contribution in [0.3, 0.4) is 0 Å². The molecule has 22 heteroatoms. The zero-order valence-corrected chi connectivity index (χ0v) is 55.1. The number of benzene rings is 1. The van der Waals surface area contributed by atoms with Gasteiger partial charge in [0.05, 0.1) is 74.0 Å². The summed E-state index contributed by atoms with van der Waals surface area (Å²) in [7, 11) is 8.40. The summed E-state index contributed by atoms with van der Waals surface area (Å²) in [4.78, 5) is 153. The number of hydrogen-bond donors (Lipinski definition) is 3. The average Bonchev–Trinajstić information content (AvgIpc) is 1.81. The van der Waals surface area contributed by atoms with Gasteiger partial charge in [-0.25, -0.2) is 0 Å². The summed E-state index contributed by atoms with van der Waals surface area (Å²) < 4.78 is 28.9. The number of carboxylic acid groups (broad SMARTS) is 1. The van der Waals surface area contributed by atoms with Crippen LogP contribution in [0.15, 0.2) is 29.8 Å². The van der Waals surface area contributed by atoms with Crippen LogP contribution >= 0.6 is 0 Å². The summed E-state index contributed by atoms with van der Waals surface area (Å²) in [5.74, 6) is -8.96. The Morgan fingerprint density at radius 3 is 2.03 bits per heavy atom. The molecular formula is C66H103N5O17. The number of esters is 1. The third-order valence-corrected chi connectivity index (χ3v) is 17.2. The van der Waals surface area contributed by atoms with Crippen molar-refractivity contribution >= 4 is 70.2 Å². The maximum Gasteiger partial charge on any atom is 0.313 e. The van der Waals surface area contributed by atoms with Crippen LogP contribution in [0, 0.1) is 41.4 Å². The number of nitrogens with one attached hydrogen (secondary N) is 2. The number of rotatable bonds is 23. The zero-order valence-electron chi connectivity index (χ0n) is 55.1. The minimum Gasteiger partial charge on any atom is -0.481 e. The van der Waals surface area contributed by atoms with Crippen molar-refractivity contribution in [3.05, 3.63) is 35.4 Å². The molecule has 3 N–H and O–H groups in total. The van der Waals surface area contributed by atoms with E-state index in [-0.39, 0.29) is 142 Å². The van der Waals surface area contributed by atoms with E-state index in [2.05, 4.69) is 10.6 Å². The number of likely N-dealkylation sites (N-methyl/N-ethyl adjacent to an activating group) is 2. The Hall–Kier alpha value is -6.07. The van der Waals surface area contributed by atoms with Crippen LogP contribution in [0.5, 0.6) is 5.75 Å². The van der Waals surface area contributed by atoms with Gasteiger partial charge in [0.2, 0.25) is 23.6 Å². The third kappa shape index (κ3) is 23.7. The zero-order chi connectivity index (χ0) is 66.1. The van der Waals surface area contributed by atoms with Crippen LogP contribution in [0.1, 0.15) is 158 Å². The van der Waals surface area contributed by atoms with E-state index in [9.17, 15) is 57.8 Å². The van der Waals surface area contributed by atoms with Crippen molar-refractivity contribution < 1.29 is 81.5 Å². The van der Waals surface area contributed by atoms with E-state index in [1.54, 1.807) is 30.7 Å². The second-order valence-electron chi connectivity index (χ2n) is 25.0. The molecule has 0 unspecified atom stereocenters. The minimum absolute atomic E-state index is 0.0109. The first-order chi connectivity index (χ1) is 41.5. The van der Waals surface area contributed by atoms with Gasteiger partial charge in [-0.15, -0.1) is 0 Å². The highest BCUT2D eigenvalue weighted by Crippen LogP contribution is 2.34. The van der Waals surface area contributed by atoms with Crippen molar-refractivity contribution in [2.24, 2.45) is 41.4 Å². The van der Waals surface area contributed by atoms with Crippen LogP contribution < -0.4 is 15.4 Å². The highest BCUT2D eigenvalue weighted by molar-refractivity contribution is 6.02. The number of nitrogens with zero attached hydrogens (tertiary/aromatic N) is 3. The third-order valence-electron chi connectivity index (χ3n) is 17.2. The lowest BCUT2D eigenvalue weighted by Gasteiger charge is -2.41. The molecule has 0 aromatic heterocycles. The number of ketones is 5. The number of Topliss-reactive ketones (excluding diaryl/α,β-unsaturated/α-hetero) is 4. The molecule has 3 rings (SSSR count). The largest absolute Gasteiger partial charge is 0.481 e. The number of anilines is 1. The molecule has 494 valence electrons. The van der Waals surface area contributed by atoms with Gasteiger partial charge >= 0.3 is 11.9 Å². The Bertz CT molecular complexity index is 2570. The van der Waals surface area contributed by atoms with Gasteiger partial charge in [-0.05, 0) is 107 Å². The van der Waals surface area contributed by atoms with E-state index in [4.69, 9.17) is 23.7 Å². The molecule has 0 spiro atoms. The van der Waals surface area contributed by atoms with E-state index in [1.165, 1.54) is 52.3 Å². The molecular weight excluding hydrogens is 1130 g/mol. The molecule has 22 nitrogen and oxygen atoms in total. The smallest absolute Gasteiger partial charge is 0.313 e. The number of hydrogen-bond acceptors (Lipinski definition) is 17. The molecule has 2 aliphatic heterocycles. The number of amides is 4. The predicted octanol–water partition coefficient (Wildman–Crippen LogP) is 7.04. The number of methoxy groups -OCH3 is 2. The van der Waals surface area contributed by atoms with Gasteiger partial charge in [0.15, 0.2) is 28.9 Å². The topological polar surface area (TPSA) is 288 Å². The fourth-order valence-corrected chi connectivity index (χ4v) is 11.8. The summed E-state index contributed by atoms with van der Waals surface area (Å²) >= 11 is 0. The summed E-state index contributed by atoms with van der Waals surface area (Å²) in [6.45, 7) is 18.7. The Morgan fingerprint density at radius 1 is 0.795 bits per heavy atom. The van der Waals surface area contributed by atoms with Crippen molar-refractivity contribution in [2.75, 3.05) is 73.7 Å². The van der Waals surface area contributed by atoms with E-state index in [1.807, 2.05) is 60.5 Å². The number of fused-ring (bicyclic) bond motifs is 1. The molecule has 2 aliphatic rings. The van der Waals surface area contributed by atoms with E-state index in [0.717, 1.165) is 0 Å². The first kappa shape index (κ1) is 76.2. The monoisotopic (exact) mass is 1240 g/mol. The predicted molar refractivity (Wildman–Crippen MR) is 331 cm³/mol. The number of likely N-dealkylation sites (tertiary alicyclic amines) is 1. The minimum atomic E-state index is -1.28. The summed E-state index contributed by atoms with van der Waals surface area (Å²) in [5.41, 5.74) is 0.648. The van der Waals surface area contributed by atoms with Crippen molar-refractivity contribution in [3.63, 3.8) is 0 Å². The molecule has 88 heavy (non-hydrogen) atoms. The fraction of sp³-hybridized carbons (Fsp3) is 0.712. The van der Waals surface area contributed by atoms with Gasteiger partial charge < -0.3 is 49.2 Å². The second kappa shape index (κ2) is 37.8. The lowest BCUT2D eigenvalue weighted by Crippen LogP contribution is -2.54. The van der Waals surface area contributed by atoms with Crippen molar-refractivity contribution in [2.45, 2.75) is 196 Å². The maximum atomic E-state index is 14.6. The maximum absolute atomic E-state index is 14.6. The van der Waals surface area contributed by atoms with E-state index < -0.39 is 95.7 Å². The number of carbonyl (C=O) groups is 11. The Labute approximate surface area is 521 Å². The SMILES string of the molecule is CC[C@H](C)[C@@H]([C@@H](CC(=O)N1CCC[C@H]1[C@H](OC)[C@@H](C)C(=O)C[C@@H](Cc1ccc2c(c1)NC(=O)[C@H](C)CC(=O)[C@H](C)NC(=O)CCOCCCC(=O)/C(C)=C\C(=O)CCCOCCC(=O)O2)C(=O)O)OC)N(C)C(=O)[C@@H](CC(=O)[C@H](C(C)C)N(C)C)C(C)C. The lowest BCUT2D eigenvalue weighted by molar-refractivity contribution is -0.149. The Morgan fingerprint density at radius 2 is 1.44 bits per heavy atom. The highest BCUT2D eigenvalue weighted by Gasteiger charge is 2.44. The summed E-state index contributed by atoms with van der Waals surface area (Å²) in [6.07, 6.45) is 1.25. The van der Waals surface area contributed by atoms with Crippen LogP contribution in [-0.4, -0.2) is 189 Å². The molecule has 1 aromatic carbocycles. The van der Waals surface area contributed by atoms with Crippen LogP contribution in [-0.2, 0) is 78.1 Å². The van der Waals surface area contributed by atoms with E-state index >= 15 is 0 Å². The summed E-state index contributed by atoms with van der Waals surface area (Å²) in [5, 5.41) is 16.0. The van der Waals surface area contributed by atoms with Gasteiger partial charge in [0, 0.05) is 97.3 Å². The van der Waals surface area contributed by atoms with Gasteiger partial charge in [-0.1, -0.05) is 67.9 Å². The molecule has 0 radical (unpaired) electrons. The number of ether oxygens (including phenoxy) is 5. The molecule has 1 aromatic rings. The molecule has 0 saturated carbocycles. The van der Waals surface area contributed by atoms with E-state index in [0.29, 0.717) is 49.8 Å². The lowest BCUT2D eigenvalue weighted by atomic mass is 9.83. The standard InChI is InChI=1S/C66H103N5O17/c1-16-41(6)62(70(13)65(81)49(39(2)3)37-55(76)61(40(4)5)69(11)12)57(84-14)38-59(78)71-27-17-21-51(71)63(85-15)44(9)53(74)36-47(66(82)83)34-46-23-24-56-50(35-46)68-64(80)43(8)33-54(75)45(10)67-58(77)25-30-86-29-19-22-52(73)42(7)32-48(72)20-18-28-87-31-26-60(79)88-56/h23-24,32,35,39-41,43-45,47,49,51,57,61-63H,16-22,25-31,33-34,36-38H2,1-15H3,(H,67,77)(H,68,80)(H,82,83)/b42-32-/t41-,43+,44-,45-,47+,49-,51-,57+,61-,62-,63+/m0/s1. The fourth-order valence-electron chi connectivity index (χ4n) is 11.8. The molecule has 1 fully saturated rings. The van der Waals surface area contributed by atoms with Crippen LogP contribution in [0.25, 0.3) is 0 Å². The first-order valence-corrected chi connectivity index (χ1v) is 31.4. The molecule has 1 saturated heterocycles. The van der Waals surface area contributed by atoms with Gasteiger partial charge in [-0.3, -0.25) is 57.6 Å². The van der Waals surface area contributed by atoms with Gasteiger partial charge in [-0.2, -0.15) is 0 Å². The molecule has 2 heterocycles. The quantitative estimate of drug-likeness (QED) is 0.0731. The second-order valence-corrected chi connectivity index (χ2v) is 25.0. The molecule has 11 atom stereocenters. The number of carbonyl (C=O) groups excluding carboxylic acids is 10. The molecule has 0 bridgehead atoms. The number of allylic oxidation sites excluding steroid dienone is 2. The highest BCUT2D eigenvalue weighted by atomic mass is 16.5. The van der Waals surface area contributed by atoms with Gasteiger partial charge in [0.25, 0.3) is 0 Å². The van der Waals surface area contributed by atoms with Gasteiger partial charge in [0.1, 0.15) is 5.78 Å². The van der Waals surface area contributed by atoms with Crippen LogP contribution in [0.4, 0.5) is 5.69 Å².